The van der Waals surface area contributed by atoms with Gasteiger partial charge in [-0.15, -0.1) is 0 Å². The van der Waals surface area contributed by atoms with Gasteiger partial charge in [0, 0.05) is 13.1 Å². The first-order chi connectivity index (χ1) is 11.8. The summed E-state index contributed by atoms with van der Waals surface area (Å²) in [6, 6.07) is 1.93. The minimum Gasteiger partial charge on any atom is -0.342 e. The molecule has 4 atom stereocenters. The second-order valence-electron chi connectivity index (χ2n) is 9.02. The lowest BCUT2D eigenvalue weighted by molar-refractivity contribution is -0.133. The van der Waals surface area contributed by atoms with Gasteiger partial charge in [0.05, 0.1) is 6.07 Å². The first-order valence-electron chi connectivity index (χ1n) is 10.4. The van der Waals surface area contributed by atoms with Crippen LogP contribution in [-0.4, -0.2) is 23.9 Å². The third-order valence-corrected chi connectivity index (χ3v) is 6.49. The Labute approximate surface area is 156 Å². The van der Waals surface area contributed by atoms with Crippen molar-refractivity contribution in [3.63, 3.8) is 0 Å². The van der Waals surface area contributed by atoms with Gasteiger partial charge in [-0.05, 0) is 48.3 Å². The Morgan fingerprint density at radius 3 is 2.04 bits per heavy atom. The van der Waals surface area contributed by atoms with Gasteiger partial charge < -0.3 is 4.90 Å². The van der Waals surface area contributed by atoms with Gasteiger partial charge in [-0.3, -0.25) is 4.79 Å². The number of carbonyl (C=O) groups excluding carboxylic acids is 1. The normalized spacial score (nSPS) is 29.8. The van der Waals surface area contributed by atoms with E-state index in [-0.39, 0.29) is 12.3 Å². The second kappa shape index (κ2) is 10.8. The molecular formula is C22H40N2O. The fourth-order valence-corrected chi connectivity index (χ4v) is 4.71. The largest absolute Gasteiger partial charge is 0.342 e. The van der Waals surface area contributed by atoms with Gasteiger partial charge in [-0.25, -0.2) is 0 Å². The molecule has 0 aromatic carbocycles. The summed E-state index contributed by atoms with van der Waals surface area (Å²) in [5, 5.41) is 8.50. The smallest absolute Gasteiger partial charge is 0.236 e. The van der Waals surface area contributed by atoms with Crippen LogP contribution in [-0.2, 0) is 4.79 Å². The molecule has 1 aliphatic heterocycles. The minimum absolute atomic E-state index is 0.00458. The Bertz CT molecular complexity index is 438. The fourth-order valence-electron chi connectivity index (χ4n) is 4.71. The van der Waals surface area contributed by atoms with Crippen molar-refractivity contribution in [1.29, 1.82) is 5.26 Å². The van der Waals surface area contributed by atoms with E-state index in [4.69, 9.17) is 5.26 Å². The van der Waals surface area contributed by atoms with Gasteiger partial charge in [0.15, 0.2) is 0 Å². The molecule has 144 valence electrons. The summed E-state index contributed by atoms with van der Waals surface area (Å²) in [4.78, 5) is 13.4. The van der Waals surface area contributed by atoms with Gasteiger partial charge >= 0.3 is 0 Å². The molecule has 4 unspecified atom stereocenters. The van der Waals surface area contributed by atoms with Crippen LogP contribution in [0.3, 0.4) is 0 Å². The molecule has 0 radical (unpaired) electrons. The van der Waals surface area contributed by atoms with Crippen molar-refractivity contribution in [2.45, 2.75) is 80.1 Å². The van der Waals surface area contributed by atoms with E-state index in [2.05, 4.69) is 41.5 Å². The van der Waals surface area contributed by atoms with E-state index < -0.39 is 0 Å². The van der Waals surface area contributed by atoms with Crippen molar-refractivity contribution in [3.05, 3.63) is 0 Å². The molecule has 2 aliphatic rings. The molecule has 3 heteroatoms. The van der Waals surface area contributed by atoms with Gasteiger partial charge in [-0.1, -0.05) is 60.8 Å². The zero-order valence-corrected chi connectivity index (χ0v) is 17.4. The van der Waals surface area contributed by atoms with Gasteiger partial charge in [0.25, 0.3) is 0 Å². The predicted octanol–water partition coefficient (Wildman–Crippen LogP) is 5.51. The molecule has 25 heavy (non-hydrogen) atoms. The Kier molecular flexibility index (Phi) is 9.54. The van der Waals surface area contributed by atoms with Crippen LogP contribution >= 0.6 is 0 Å². The van der Waals surface area contributed by atoms with Gasteiger partial charge in [0.2, 0.25) is 5.91 Å². The Balaban J connectivity index is 0.000000271. The topological polar surface area (TPSA) is 44.1 Å². The molecule has 1 saturated carbocycles. The van der Waals surface area contributed by atoms with Crippen molar-refractivity contribution in [1.82, 2.24) is 4.90 Å². The molecule has 1 aliphatic carbocycles. The summed E-state index contributed by atoms with van der Waals surface area (Å²) in [7, 11) is 0. The van der Waals surface area contributed by atoms with E-state index in [1.54, 1.807) is 0 Å². The van der Waals surface area contributed by atoms with Crippen molar-refractivity contribution < 1.29 is 4.79 Å². The minimum atomic E-state index is -0.00458. The molecule has 2 fully saturated rings. The summed E-state index contributed by atoms with van der Waals surface area (Å²) in [5.74, 6) is 4.81. The number of likely N-dealkylation sites (tertiary alicyclic amines) is 1. The zero-order chi connectivity index (χ0) is 19.0. The van der Waals surface area contributed by atoms with Crippen molar-refractivity contribution in [2.24, 2.45) is 35.5 Å². The van der Waals surface area contributed by atoms with Crippen LogP contribution in [0, 0.1) is 46.8 Å². The molecule has 0 bridgehead atoms. The average Bonchev–Trinajstić information content (AvgIpc) is 2.56. The van der Waals surface area contributed by atoms with Crippen LogP contribution in [0.25, 0.3) is 0 Å². The van der Waals surface area contributed by atoms with E-state index in [1.165, 1.54) is 25.7 Å². The third kappa shape index (κ3) is 7.00. The van der Waals surface area contributed by atoms with E-state index >= 15 is 0 Å². The fraction of sp³-hybridized carbons (Fsp3) is 0.909. The molecule has 2 rings (SSSR count). The average molecular weight is 349 g/mol. The van der Waals surface area contributed by atoms with E-state index in [1.807, 2.05) is 11.0 Å². The Morgan fingerprint density at radius 2 is 1.56 bits per heavy atom. The maximum absolute atomic E-state index is 11.6. The Hall–Kier alpha value is -1.04. The summed E-state index contributed by atoms with van der Waals surface area (Å²) in [6.07, 6.45) is 7.01. The van der Waals surface area contributed by atoms with Crippen molar-refractivity contribution in [3.8, 4) is 6.07 Å². The number of hydrogen-bond acceptors (Lipinski definition) is 2. The predicted molar refractivity (Wildman–Crippen MR) is 105 cm³/mol. The molecule has 0 aromatic rings. The summed E-state index contributed by atoms with van der Waals surface area (Å²) in [6.45, 7) is 15.5. The molecule has 0 aromatic heterocycles. The second-order valence-corrected chi connectivity index (χ2v) is 9.02. The van der Waals surface area contributed by atoms with E-state index in [0.717, 1.165) is 37.3 Å². The molecule has 1 saturated heterocycles. The van der Waals surface area contributed by atoms with Crippen molar-refractivity contribution >= 4 is 5.91 Å². The summed E-state index contributed by atoms with van der Waals surface area (Å²) in [5.41, 5.74) is 0. The van der Waals surface area contributed by atoms with Crippen LogP contribution in [0.4, 0.5) is 0 Å². The lowest BCUT2D eigenvalue weighted by atomic mass is 9.75. The highest BCUT2D eigenvalue weighted by Crippen LogP contribution is 2.34. The lowest BCUT2D eigenvalue weighted by Crippen LogP contribution is -2.44. The highest BCUT2D eigenvalue weighted by molar-refractivity contribution is 5.78. The molecule has 3 nitrogen and oxygen atoms in total. The van der Waals surface area contributed by atoms with Crippen LogP contribution in [0.15, 0.2) is 0 Å². The van der Waals surface area contributed by atoms with E-state index in [9.17, 15) is 4.79 Å². The van der Waals surface area contributed by atoms with Crippen LogP contribution in [0.5, 0.6) is 0 Å². The maximum Gasteiger partial charge on any atom is 0.236 e. The number of nitriles is 1. The summed E-state index contributed by atoms with van der Waals surface area (Å²) < 4.78 is 0. The number of amides is 1. The number of hydrogen-bond donors (Lipinski definition) is 0. The number of rotatable bonds is 3. The molecule has 1 heterocycles. The zero-order valence-electron chi connectivity index (χ0n) is 17.4. The first kappa shape index (κ1) is 22.0. The van der Waals surface area contributed by atoms with Gasteiger partial charge in [-0.2, -0.15) is 5.26 Å². The van der Waals surface area contributed by atoms with Crippen molar-refractivity contribution in [2.75, 3.05) is 13.1 Å². The SMILES string of the molecule is CC(C)C1CCCCC1C.CC(C)C1CN(C(=O)CC#N)CCC1C. The van der Waals surface area contributed by atoms with Crippen LogP contribution in [0.1, 0.15) is 80.1 Å². The molecular weight excluding hydrogens is 308 g/mol. The highest BCUT2D eigenvalue weighted by Gasteiger charge is 2.30. The number of carbonyl (C=O) groups is 1. The molecule has 0 N–H and O–H groups in total. The van der Waals surface area contributed by atoms with Crippen LogP contribution < -0.4 is 0 Å². The number of nitrogens with zero attached hydrogens (tertiary/aromatic N) is 2. The Morgan fingerprint density at radius 1 is 1.00 bits per heavy atom. The van der Waals surface area contributed by atoms with Crippen LogP contribution in [0.2, 0.25) is 0 Å². The first-order valence-corrected chi connectivity index (χ1v) is 10.4. The maximum atomic E-state index is 11.6. The summed E-state index contributed by atoms with van der Waals surface area (Å²) >= 11 is 0. The third-order valence-electron chi connectivity index (χ3n) is 6.49. The highest BCUT2D eigenvalue weighted by atomic mass is 16.2. The number of piperidine rings is 1. The van der Waals surface area contributed by atoms with E-state index in [0.29, 0.717) is 17.8 Å². The standard InChI is InChI=1S/C12H20N2O.C10H20/c1-9(2)11-8-14(7-5-10(11)3)12(15)4-6-13;1-8(2)10-7-5-4-6-9(10)3/h9-11H,4-5,7-8H2,1-3H3;8-10H,4-7H2,1-3H3. The molecule has 0 spiro atoms. The quantitative estimate of drug-likeness (QED) is 0.675. The lowest BCUT2D eigenvalue weighted by Gasteiger charge is -2.39. The van der Waals surface area contributed by atoms with Gasteiger partial charge in [0.1, 0.15) is 6.42 Å². The monoisotopic (exact) mass is 348 g/mol. The molecule has 1 amide bonds.